The summed E-state index contributed by atoms with van der Waals surface area (Å²) in [7, 11) is 0. The lowest BCUT2D eigenvalue weighted by Gasteiger charge is -2.16. The highest BCUT2D eigenvalue weighted by Crippen LogP contribution is 2.29. The Morgan fingerprint density at radius 2 is 2.09 bits per heavy atom. The molecule has 114 valence electrons. The molecule has 1 aliphatic carbocycles. The number of carbonyl (C=O) groups excluding carboxylic acids is 1. The topological polar surface area (TPSA) is 79.3 Å². The average Bonchev–Trinajstić information content (AvgIpc) is 2.97. The van der Waals surface area contributed by atoms with Crippen LogP contribution in [-0.4, -0.2) is 28.0 Å². The van der Waals surface area contributed by atoms with Gasteiger partial charge < -0.3 is 10.4 Å². The first-order valence-electron chi connectivity index (χ1n) is 7.56. The molecule has 1 heterocycles. The van der Waals surface area contributed by atoms with Crippen molar-refractivity contribution < 1.29 is 14.7 Å². The van der Waals surface area contributed by atoms with Gasteiger partial charge in [-0.25, -0.2) is 4.79 Å². The summed E-state index contributed by atoms with van der Waals surface area (Å²) in [5.74, 6) is -1.32. The van der Waals surface area contributed by atoms with Crippen molar-refractivity contribution in [3.8, 4) is 0 Å². The average molecular weight is 298 g/mol. The van der Waals surface area contributed by atoms with Crippen LogP contribution in [0.25, 0.3) is 10.9 Å². The van der Waals surface area contributed by atoms with E-state index in [9.17, 15) is 9.59 Å². The minimum atomic E-state index is -1.01. The van der Waals surface area contributed by atoms with Crippen LogP contribution in [0.5, 0.6) is 0 Å². The first kappa shape index (κ1) is 14.5. The summed E-state index contributed by atoms with van der Waals surface area (Å²) in [5.41, 5.74) is 3.32. The lowest BCUT2D eigenvalue weighted by Crippen LogP contribution is -2.40. The lowest BCUT2D eigenvalue weighted by molar-refractivity contribution is -0.139. The largest absolute Gasteiger partial charge is 0.480 e. The lowest BCUT2D eigenvalue weighted by atomic mass is 10.00. The fourth-order valence-corrected chi connectivity index (χ4v) is 3.04. The summed E-state index contributed by atoms with van der Waals surface area (Å²) in [6, 6.07) is 6.66. The van der Waals surface area contributed by atoms with E-state index in [1.807, 2.05) is 24.3 Å². The monoisotopic (exact) mass is 298 g/mol. The molecule has 0 saturated carbocycles. The van der Waals surface area contributed by atoms with Crippen molar-refractivity contribution in [2.75, 3.05) is 0 Å². The number of nitrogens with one attached hydrogen (secondary N) is 1. The van der Waals surface area contributed by atoms with Crippen LogP contribution in [0.2, 0.25) is 0 Å². The Hall–Kier alpha value is -2.43. The molecule has 0 fully saturated rings. The third-order valence-electron chi connectivity index (χ3n) is 4.16. The number of carboxylic acid groups (broad SMARTS) is 1. The van der Waals surface area contributed by atoms with E-state index in [2.05, 4.69) is 10.3 Å². The molecule has 5 nitrogen and oxygen atoms in total. The SMILES string of the molecule is CCC(NC(=O)c1c2c(nc3ccccc13)CCC2)C(=O)O. The summed E-state index contributed by atoms with van der Waals surface area (Å²) in [6.07, 6.45) is 3.03. The van der Waals surface area contributed by atoms with E-state index in [0.717, 1.165) is 41.4 Å². The van der Waals surface area contributed by atoms with Gasteiger partial charge in [0.05, 0.1) is 11.1 Å². The number of carbonyl (C=O) groups is 2. The highest BCUT2D eigenvalue weighted by Gasteiger charge is 2.26. The molecule has 0 spiro atoms. The molecule has 1 aromatic carbocycles. The molecule has 0 saturated heterocycles. The second-order valence-corrected chi connectivity index (χ2v) is 5.56. The van der Waals surface area contributed by atoms with Crippen molar-refractivity contribution in [1.82, 2.24) is 10.3 Å². The number of pyridine rings is 1. The summed E-state index contributed by atoms with van der Waals surface area (Å²) < 4.78 is 0. The van der Waals surface area contributed by atoms with Gasteiger partial charge in [0.15, 0.2) is 0 Å². The van der Waals surface area contributed by atoms with E-state index in [1.54, 1.807) is 6.92 Å². The number of benzene rings is 1. The molecule has 1 atom stereocenters. The van der Waals surface area contributed by atoms with E-state index in [-0.39, 0.29) is 5.91 Å². The van der Waals surface area contributed by atoms with E-state index < -0.39 is 12.0 Å². The normalized spacial score (nSPS) is 14.6. The molecule has 5 heteroatoms. The molecule has 0 radical (unpaired) electrons. The quantitative estimate of drug-likeness (QED) is 0.908. The van der Waals surface area contributed by atoms with Gasteiger partial charge in [0.2, 0.25) is 0 Å². The fourth-order valence-electron chi connectivity index (χ4n) is 3.04. The number of hydrogen-bond acceptors (Lipinski definition) is 3. The van der Waals surface area contributed by atoms with Crippen LogP contribution >= 0.6 is 0 Å². The van der Waals surface area contributed by atoms with Gasteiger partial charge in [-0.05, 0) is 37.3 Å². The summed E-state index contributed by atoms with van der Waals surface area (Å²) >= 11 is 0. The Morgan fingerprint density at radius 1 is 1.32 bits per heavy atom. The van der Waals surface area contributed by atoms with Gasteiger partial charge in [0, 0.05) is 11.1 Å². The first-order chi connectivity index (χ1) is 10.6. The molecular weight excluding hydrogens is 280 g/mol. The maximum absolute atomic E-state index is 12.7. The van der Waals surface area contributed by atoms with Crippen molar-refractivity contribution >= 4 is 22.8 Å². The number of rotatable bonds is 4. The zero-order valence-electron chi connectivity index (χ0n) is 12.4. The van der Waals surface area contributed by atoms with E-state index in [0.29, 0.717) is 12.0 Å². The maximum atomic E-state index is 12.7. The van der Waals surface area contributed by atoms with Crippen molar-refractivity contribution in [1.29, 1.82) is 0 Å². The fraction of sp³-hybridized carbons (Fsp3) is 0.353. The van der Waals surface area contributed by atoms with Crippen molar-refractivity contribution in [2.24, 2.45) is 0 Å². The zero-order valence-corrected chi connectivity index (χ0v) is 12.4. The van der Waals surface area contributed by atoms with Crippen molar-refractivity contribution in [3.63, 3.8) is 0 Å². The van der Waals surface area contributed by atoms with Crippen LogP contribution in [-0.2, 0) is 17.6 Å². The van der Waals surface area contributed by atoms with Crippen molar-refractivity contribution in [3.05, 3.63) is 41.1 Å². The summed E-state index contributed by atoms with van der Waals surface area (Å²) in [6.45, 7) is 1.74. The molecule has 2 N–H and O–H groups in total. The third kappa shape index (κ3) is 2.43. The molecule has 3 rings (SSSR count). The number of para-hydroxylation sites is 1. The van der Waals surface area contributed by atoms with Gasteiger partial charge >= 0.3 is 5.97 Å². The maximum Gasteiger partial charge on any atom is 0.326 e. The molecule has 2 aromatic rings. The van der Waals surface area contributed by atoms with Gasteiger partial charge in [-0.1, -0.05) is 25.1 Å². The van der Waals surface area contributed by atoms with E-state index in [4.69, 9.17) is 5.11 Å². The van der Waals surface area contributed by atoms with Crippen LogP contribution in [0.3, 0.4) is 0 Å². The van der Waals surface area contributed by atoms with Crippen LogP contribution in [0.1, 0.15) is 41.4 Å². The van der Waals surface area contributed by atoms with E-state index >= 15 is 0 Å². The zero-order chi connectivity index (χ0) is 15.7. The predicted molar refractivity (Wildman–Crippen MR) is 82.9 cm³/mol. The third-order valence-corrected chi connectivity index (χ3v) is 4.16. The number of nitrogens with zero attached hydrogens (tertiary/aromatic N) is 1. The molecule has 1 aromatic heterocycles. The van der Waals surface area contributed by atoms with Crippen LogP contribution < -0.4 is 5.32 Å². The minimum Gasteiger partial charge on any atom is -0.480 e. The molecule has 1 aliphatic rings. The summed E-state index contributed by atoms with van der Waals surface area (Å²) in [5, 5.41) is 12.6. The highest BCUT2D eigenvalue weighted by atomic mass is 16.4. The number of carboxylic acids is 1. The number of aliphatic carboxylic acids is 1. The Morgan fingerprint density at radius 3 is 2.82 bits per heavy atom. The van der Waals surface area contributed by atoms with Crippen LogP contribution in [0, 0.1) is 0 Å². The Bertz CT molecular complexity index is 755. The number of fused-ring (bicyclic) bond motifs is 2. The minimum absolute atomic E-state index is 0.314. The Labute approximate surface area is 128 Å². The summed E-state index contributed by atoms with van der Waals surface area (Å²) in [4.78, 5) is 28.5. The van der Waals surface area contributed by atoms with Crippen LogP contribution in [0.4, 0.5) is 0 Å². The molecule has 1 unspecified atom stereocenters. The molecule has 1 amide bonds. The molecular formula is C17H18N2O3. The Kier molecular flexibility index (Phi) is 3.79. The van der Waals surface area contributed by atoms with Gasteiger partial charge in [0.25, 0.3) is 5.91 Å². The second kappa shape index (κ2) is 5.75. The smallest absolute Gasteiger partial charge is 0.326 e. The second-order valence-electron chi connectivity index (χ2n) is 5.56. The standard InChI is InChI=1S/C17H18N2O3/c1-2-12(17(21)22)19-16(20)15-10-6-3-4-8-13(10)18-14-9-5-7-11(14)15/h3-4,6,8,12H,2,5,7,9H2,1H3,(H,19,20)(H,21,22). The Balaban J connectivity index is 2.09. The number of amides is 1. The molecule has 0 aliphatic heterocycles. The van der Waals surface area contributed by atoms with Gasteiger partial charge in [0.1, 0.15) is 6.04 Å². The number of hydrogen-bond donors (Lipinski definition) is 2. The highest BCUT2D eigenvalue weighted by molar-refractivity contribution is 6.08. The first-order valence-corrected chi connectivity index (χ1v) is 7.56. The van der Waals surface area contributed by atoms with Crippen molar-refractivity contribution in [2.45, 2.75) is 38.6 Å². The number of aryl methyl sites for hydroxylation is 1. The van der Waals surface area contributed by atoms with Gasteiger partial charge in [-0.15, -0.1) is 0 Å². The van der Waals surface area contributed by atoms with Gasteiger partial charge in [-0.3, -0.25) is 9.78 Å². The van der Waals surface area contributed by atoms with Crippen LogP contribution in [0.15, 0.2) is 24.3 Å². The molecule has 22 heavy (non-hydrogen) atoms. The van der Waals surface area contributed by atoms with E-state index in [1.165, 1.54) is 0 Å². The van der Waals surface area contributed by atoms with Gasteiger partial charge in [-0.2, -0.15) is 0 Å². The number of aromatic nitrogens is 1. The molecule has 0 bridgehead atoms. The predicted octanol–water partition coefficient (Wildman–Crippen LogP) is 2.32.